The van der Waals surface area contributed by atoms with Gasteiger partial charge in [-0.05, 0) is 48.2 Å². The molecule has 18 heavy (non-hydrogen) atoms. The van der Waals surface area contributed by atoms with Crippen molar-refractivity contribution >= 4 is 36.1 Å². The predicted molar refractivity (Wildman–Crippen MR) is 80.3 cm³/mol. The van der Waals surface area contributed by atoms with Crippen molar-refractivity contribution in [3.63, 3.8) is 0 Å². The summed E-state index contributed by atoms with van der Waals surface area (Å²) in [4.78, 5) is 4.14. The molecule has 0 unspecified atom stereocenters. The molecule has 0 aromatic heterocycles. The molecule has 1 aromatic rings. The molecule has 0 saturated carbocycles. The number of anilines is 1. The van der Waals surface area contributed by atoms with Crippen LogP contribution in [-0.2, 0) is 6.42 Å². The Balaban J connectivity index is 2.51. The zero-order chi connectivity index (χ0) is 13.4. The molecule has 0 radical (unpaired) electrons. The Bertz CT molecular complexity index is 436. The minimum Gasteiger partial charge on any atom is -0.398 e. The first-order chi connectivity index (χ1) is 8.69. The van der Waals surface area contributed by atoms with Crippen molar-refractivity contribution in [1.29, 1.82) is 0 Å². The van der Waals surface area contributed by atoms with Gasteiger partial charge in [0.05, 0.1) is 10.8 Å². The van der Waals surface area contributed by atoms with Gasteiger partial charge in [-0.25, -0.2) is 9.11 Å². The number of nitrogens with one attached hydrogen (secondary N) is 1. The largest absolute Gasteiger partial charge is 0.398 e. The Labute approximate surface area is 115 Å². The first kappa shape index (κ1) is 15.1. The highest BCUT2D eigenvalue weighted by atomic mass is 32.2. The summed E-state index contributed by atoms with van der Waals surface area (Å²) in [6.07, 6.45) is 2.40. The van der Waals surface area contributed by atoms with Gasteiger partial charge in [-0.15, -0.1) is 11.8 Å². The average Bonchev–Trinajstić information content (AvgIpc) is 2.36. The Morgan fingerprint density at radius 1 is 1.56 bits per heavy atom. The van der Waals surface area contributed by atoms with Crippen LogP contribution in [0.1, 0.15) is 12.5 Å². The molecule has 0 aliphatic heterocycles. The number of rotatable bonds is 7. The smallest absolute Gasteiger partial charge is 0.140 e. The van der Waals surface area contributed by atoms with E-state index in [0.29, 0.717) is 16.5 Å². The first-order valence-electron chi connectivity index (χ1n) is 5.39. The lowest BCUT2D eigenvalue weighted by Crippen LogP contribution is -2.03. The van der Waals surface area contributed by atoms with E-state index in [1.807, 2.05) is 12.3 Å². The summed E-state index contributed by atoms with van der Waals surface area (Å²) in [7, 11) is 0. The lowest BCUT2D eigenvalue weighted by molar-refractivity contribution is 0.601. The fourth-order valence-electron chi connectivity index (χ4n) is 1.27. The zero-order valence-corrected chi connectivity index (χ0v) is 11.8. The van der Waals surface area contributed by atoms with Gasteiger partial charge in [0.1, 0.15) is 5.82 Å². The summed E-state index contributed by atoms with van der Waals surface area (Å²) in [6, 6.07) is 3.16. The molecule has 0 heterocycles. The van der Waals surface area contributed by atoms with Gasteiger partial charge in [0.15, 0.2) is 0 Å². The molecule has 0 aliphatic rings. The van der Waals surface area contributed by atoms with Gasteiger partial charge < -0.3 is 5.73 Å². The van der Waals surface area contributed by atoms with Gasteiger partial charge in [-0.1, -0.05) is 6.92 Å². The van der Waals surface area contributed by atoms with Crippen LogP contribution in [-0.4, -0.2) is 12.6 Å². The highest BCUT2D eigenvalue weighted by Gasteiger charge is 2.07. The Hall–Kier alpha value is -0.980. The number of halogens is 1. The maximum Gasteiger partial charge on any atom is 0.140 e. The van der Waals surface area contributed by atoms with E-state index < -0.39 is 0 Å². The molecule has 1 rings (SSSR count). The second-order valence-electron chi connectivity index (χ2n) is 3.36. The molecule has 0 amide bonds. The quantitative estimate of drug-likeness (QED) is 0.265. The fraction of sp³-hybridized carbons (Fsp3) is 0.250. The molecule has 0 saturated heterocycles. The molecule has 98 valence electrons. The minimum atomic E-state index is -0.296. The molecule has 0 bridgehead atoms. The number of nitrogens with zero attached hydrogens (tertiary/aromatic N) is 1. The lowest BCUT2D eigenvalue weighted by atomic mass is 10.1. The topological polar surface area (TPSA) is 50.4 Å². The van der Waals surface area contributed by atoms with Crippen molar-refractivity contribution in [2.45, 2.75) is 18.2 Å². The molecule has 0 aliphatic carbocycles. The van der Waals surface area contributed by atoms with Gasteiger partial charge in [0.25, 0.3) is 0 Å². The third-order valence-electron chi connectivity index (χ3n) is 2.16. The normalized spacial score (nSPS) is 11.0. The molecule has 0 fully saturated rings. The van der Waals surface area contributed by atoms with Gasteiger partial charge in [-0.2, -0.15) is 0 Å². The van der Waals surface area contributed by atoms with Crippen molar-refractivity contribution in [2.75, 3.05) is 11.6 Å². The second kappa shape index (κ2) is 8.18. The SMILES string of the molecule is C=N/C=C\SCNSc1cc(CC)c(N)cc1F. The van der Waals surface area contributed by atoms with E-state index in [-0.39, 0.29) is 5.82 Å². The number of thioether (sulfide) groups is 1. The maximum absolute atomic E-state index is 13.6. The molecule has 6 heteroatoms. The second-order valence-corrected chi connectivity index (χ2v) is 5.19. The van der Waals surface area contributed by atoms with Crippen molar-refractivity contribution in [2.24, 2.45) is 4.99 Å². The van der Waals surface area contributed by atoms with Crippen LogP contribution in [0.15, 0.2) is 33.6 Å². The predicted octanol–water partition coefficient (Wildman–Crippen LogP) is 3.43. The maximum atomic E-state index is 13.6. The molecule has 3 nitrogen and oxygen atoms in total. The molecule has 3 N–H and O–H groups in total. The number of nitrogen functional groups attached to an aromatic ring is 1. The average molecular weight is 285 g/mol. The highest BCUT2D eigenvalue weighted by molar-refractivity contribution is 8.03. The van der Waals surface area contributed by atoms with Crippen molar-refractivity contribution < 1.29 is 4.39 Å². The molecule has 0 atom stereocenters. The van der Waals surface area contributed by atoms with E-state index in [2.05, 4.69) is 16.4 Å². The summed E-state index contributed by atoms with van der Waals surface area (Å²) in [5, 5.41) is 1.82. The van der Waals surface area contributed by atoms with Crippen molar-refractivity contribution in [3.05, 3.63) is 35.1 Å². The van der Waals surface area contributed by atoms with E-state index in [4.69, 9.17) is 5.73 Å². The van der Waals surface area contributed by atoms with E-state index >= 15 is 0 Å². The van der Waals surface area contributed by atoms with Crippen molar-refractivity contribution in [1.82, 2.24) is 4.72 Å². The number of aliphatic imine (C=N–C) groups is 1. The summed E-state index contributed by atoms with van der Waals surface area (Å²) < 4.78 is 16.7. The van der Waals surface area contributed by atoms with Crippen LogP contribution in [0, 0.1) is 5.82 Å². The zero-order valence-electron chi connectivity index (χ0n) is 10.1. The van der Waals surface area contributed by atoms with Crippen LogP contribution in [0.2, 0.25) is 0 Å². The third kappa shape index (κ3) is 4.72. The van der Waals surface area contributed by atoms with E-state index in [0.717, 1.165) is 12.0 Å². The van der Waals surface area contributed by atoms with Crippen LogP contribution >= 0.6 is 23.7 Å². The minimum absolute atomic E-state index is 0.296. The first-order valence-corrected chi connectivity index (χ1v) is 7.25. The van der Waals surface area contributed by atoms with E-state index in [1.54, 1.807) is 12.3 Å². The van der Waals surface area contributed by atoms with Crippen LogP contribution in [0.4, 0.5) is 10.1 Å². The third-order valence-corrected chi connectivity index (χ3v) is 3.79. The number of benzene rings is 1. The van der Waals surface area contributed by atoms with Crippen molar-refractivity contribution in [3.8, 4) is 0 Å². The molecule has 1 aromatic carbocycles. The van der Waals surface area contributed by atoms with Gasteiger partial charge >= 0.3 is 0 Å². The summed E-state index contributed by atoms with van der Waals surface area (Å²) in [5.41, 5.74) is 7.18. The number of aryl methyl sites for hydroxylation is 1. The Morgan fingerprint density at radius 3 is 3.00 bits per heavy atom. The summed E-state index contributed by atoms with van der Waals surface area (Å²) in [6.45, 7) is 5.32. The standard InChI is InChI=1S/C12H16FN3S2/c1-3-9-6-12(10(13)7-11(9)14)18-16-8-17-5-4-15-2/h4-7,16H,2-3,8,14H2,1H3/b5-4-. The van der Waals surface area contributed by atoms with Gasteiger partial charge in [-0.3, -0.25) is 4.99 Å². The van der Waals surface area contributed by atoms with Crippen LogP contribution in [0.3, 0.4) is 0 Å². The van der Waals surface area contributed by atoms with Crippen LogP contribution in [0.25, 0.3) is 0 Å². The molecule has 0 spiro atoms. The number of nitrogens with two attached hydrogens (primary N) is 1. The molecular weight excluding hydrogens is 269 g/mol. The van der Waals surface area contributed by atoms with Crippen LogP contribution in [0.5, 0.6) is 0 Å². The lowest BCUT2D eigenvalue weighted by Gasteiger charge is -2.08. The van der Waals surface area contributed by atoms with Crippen LogP contribution < -0.4 is 10.5 Å². The van der Waals surface area contributed by atoms with Gasteiger partial charge in [0.2, 0.25) is 0 Å². The van der Waals surface area contributed by atoms with E-state index in [9.17, 15) is 4.39 Å². The highest BCUT2D eigenvalue weighted by Crippen LogP contribution is 2.25. The fourth-order valence-corrected chi connectivity index (χ4v) is 2.56. The van der Waals surface area contributed by atoms with Gasteiger partial charge in [0, 0.05) is 11.9 Å². The summed E-state index contributed by atoms with van der Waals surface area (Å²) in [5.74, 6) is 0.359. The Morgan fingerprint density at radius 2 is 2.33 bits per heavy atom. The Kier molecular flexibility index (Phi) is 6.85. The van der Waals surface area contributed by atoms with E-state index in [1.165, 1.54) is 29.8 Å². The summed E-state index contributed by atoms with van der Waals surface area (Å²) >= 11 is 2.78. The molecular formula is C12H16FN3S2. The monoisotopic (exact) mass is 285 g/mol. The number of hydrogen-bond donors (Lipinski definition) is 2. The number of hydrogen-bond acceptors (Lipinski definition) is 5.